The molecule has 1 saturated heterocycles. The van der Waals surface area contributed by atoms with Crippen molar-refractivity contribution in [1.82, 2.24) is 14.8 Å². The van der Waals surface area contributed by atoms with Crippen molar-refractivity contribution in [2.24, 2.45) is 17.8 Å². The lowest BCUT2D eigenvalue weighted by molar-refractivity contribution is -0.127. The largest absolute Gasteiger partial charge is 0.351 e. The van der Waals surface area contributed by atoms with Crippen molar-refractivity contribution in [3.05, 3.63) is 34.2 Å². The fraction of sp³-hybridized carbons (Fsp3) is 0.708. The number of fused-ring (bicyclic) bond motifs is 2. The van der Waals surface area contributed by atoms with E-state index < -0.39 is 0 Å². The zero-order chi connectivity index (χ0) is 20.8. The molecule has 1 aliphatic heterocycles. The van der Waals surface area contributed by atoms with Crippen LogP contribution in [-0.4, -0.2) is 39.9 Å². The van der Waals surface area contributed by atoms with Crippen LogP contribution in [0.2, 0.25) is 0 Å². The molecule has 2 heterocycles. The third-order valence-corrected chi connectivity index (χ3v) is 8.01. The zero-order valence-corrected chi connectivity index (χ0v) is 17.9. The highest BCUT2D eigenvalue weighted by atomic mass is 16.2. The molecule has 1 N–H and O–H groups in total. The van der Waals surface area contributed by atoms with E-state index in [2.05, 4.69) is 12.2 Å². The first-order chi connectivity index (χ1) is 14.5. The summed E-state index contributed by atoms with van der Waals surface area (Å²) in [6.07, 6.45) is 11.2. The number of rotatable bonds is 5. The first-order valence-electron chi connectivity index (χ1n) is 11.9. The molecule has 1 aromatic heterocycles. The number of carbonyl (C=O) groups is 2. The summed E-state index contributed by atoms with van der Waals surface area (Å²) < 4.78 is 1.72. The molecule has 162 valence electrons. The van der Waals surface area contributed by atoms with Gasteiger partial charge in [0.25, 0.3) is 11.5 Å². The van der Waals surface area contributed by atoms with Gasteiger partial charge in [-0.2, -0.15) is 0 Å². The van der Waals surface area contributed by atoms with Crippen LogP contribution in [0.3, 0.4) is 0 Å². The Morgan fingerprint density at radius 2 is 1.87 bits per heavy atom. The van der Waals surface area contributed by atoms with Crippen molar-refractivity contribution in [2.75, 3.05) is 6.54 Å². The molecule has 3 saturated carbocycles. The van der Waals surface area contributed by atoms with Gasteiger partial charge in [0.2, 0.25) is 5.91 Å². The second-order valence-electron chi connectivity index (χ2n) is 9.97. The molecular weight excluding hydrogens is 378 g/mol. The van der Waals surface area contributed by atoms with Crippen LogP contribution < -0.4 is 10.9 Å². The summed E-state index contributed by atoms with van der Waals surface area (Å²) in [6, 6.07) is 3.78. The van der Waals surface area contributed by atoms with Crippen molar-refractivity contribution < 1.29 is 9.59 Å². The number of pyridine rings is 1. The number of carbonyl (C=O) groups excluding carboxylic acids is 2. The maximum atomic E-state index is 13.3. The summed E-state index contributed by atoms with van der Waals surface area (Å²) in [5.41, 5.74) is 0.112. The van der Waals surface area contributed by atoms with E-state index in [1.54, 1.807) is 16.8 Å². The number of hydrogen-bond acceptors (Lipinski definition) is 3. The van der Waals surface area contributed by atoms with Gasteiger partial charge in [0.1, 0.15) is 5.56 Å². The highest BCUT2D eigenvalue weighted by Gasteiger charge is 2.48. The van der Waals surface area contributed by atoms with Crippen molar-refractivity contribution in [3.8, 4) is 0 Å². The smallest absolute Gasteiger partial charge is 0.263 e. The summed E-state index contributed by atoms with van der Waals surface area (Å²) in [5.74, 6) is 1.33. The quantitative estimate of drug-likeness (QED) is 0.809. The Labute approximate surface area is 178 Å². The molecule has 5 rings (SSSR count). The molecule has 1 aromatic rings. The highest BCUT2D eigenvalue weighted by molar-refractivity contribution is 5.94. The molecule has 0 unspecified atom stereocenters. The molecular formula is C24H33N3O3. The van der Waals surface area contributed by atoms with Crippen molar-refractivity contribution in [3.63, 3.8) is 0 Å². The topological polar surface area (TPSA) is 71.4 Å². The lowest BCUT2D eigenvalue weighted by Gasteiger charge is -2.35. The van der Waals surface area contributed by atoms with Crippen LogP contribution in [0.25, 0.3) is 0 Å². The summed E-state index contributed by atoms with van der Waals surface area (Å²) in [7, 11) is 0. The summed E-state index contributed by atoms with van der Waals surface area (Å²) in [6.45, 7) is 2.94. The Balaban J connectivity index is 1.26. The first-order valence-corrected chi connectivity index (χ1v) is 11.9. The van der Waals surface area contributed by atoms with Crippen LogP contribution in [0.1, 0.15) is 81.1 Å². The minimum atomic E-state index is -0.166. The third-order valence-electron chi connectivity index (χ3n) is 8.01. The van der Waals surface area contributed by atoms with E-state index in [0.29, 0.717) is 12.5 Å². The van der Waals surface area contributed by atoms with Crippen molar-refractivity contribution in [2.45, 2.75) is 82.8 Å². The Morgan fingerprint density at radius 1 is 1.10 bits per heavy atom. The van der Waals surface area contributed by atoms with E-state index in [1.165, 1.54) is 6.42 Å². The van der Waals surface area contributed by atoms with E-state index in [9.17, 15) is 14.4 Å². The van der Waals surface area contributed by atoms with Gasteiger partial charge in [-0.05, 0) is 75.3 Å². The molecule has 2 bridgehead atoms. The van der Waals surface area contributed by atoms with Gasteiger partial charge < -0.3 is 14.8 Å². The fourth-order valence-corrected chi connectivity index (χ4v) is 6.02. The number of hydrogen-bond donors (Lipinski definition) is 1. The number of amides is 2. The second kappa shape index (κ2) is 7.86. The van der Waals surface area contributed by atoms with Gasteiger partial charge in [-0.1, -0.05) is 13.3 Å². The van der Waals surface area contributed by atoms with Crippen LogP contribution in [-0.2, 0) is 4.79 Å². The number of nitrogens with one attached hydrogen (secondary N) is 1. The number of nitrogens with zero attached hydrogens (tertiary/aromatic N) is 2. The SMILES string of the molecule is CCC1CCC(C(=O)N[C@@H]2C[C@@H]3C[C@H]2N(C(=O)c2cccn(C4CC4)c2=O)C3)CC1. The van der Waals surface area contributed by atoms with E-state index in [-0.39, 0.29) is 47.0 Å². The number of piperidine rings is 1. The van der Waals surface area contributed by atoms with E-state index in [0.717, 1.165) is 57.3 Å². The average Bonchev–Trinajstić information content (AvgIpc) is 3.42. The Hall–Kier alpha value is -2.11. The number of aromatic nitrogens is 1. The molecule has 0 spiro atoms. The van der Waals surface area contributed by atoms with E-state index >= 15 is 0 Å². The van der Waals surface area contributed by atoms with Crippen LogP contribution >= 0.6 is 0 Å². The molecule has 0 aromatic carbocycles. The van der Waals surface area contributed by atoms with Crippen LogP contribution in [0.15, 0.2) is 23.1 Å². The monoisotopic (exact) mass is 411 g/mol. The molecule has 3 aliphatic carbocycles. The van der Waals surface area contributed by atoms with Crippen molar-refractivity contribution >= 4 is 11.8 Å². The normalized spacial score (nSPS) is 33.0. The minimum absolute atomic E-state index is 0.0208. The predicted octanol–water partition coefficient (Wildman–Crippen LogP) is 3.12. The zero-order valence-electron chi connectivity index (χ0n) is 17.9. The highest BCUT2D eigenvalue weighted by Crippen LogP contribution is 2.39. The number of likely N-dealkylation sites (tertiary alicyclic amines) is 1. The lowest BCUT2D eigenvalue weighted by Crippen LogP contribution is -2.53. The van der Waals surface area contributed by atoms with Gasteiger partial charge in [0.15, 0.2) is 0 Å². The van der Waals surface area contributed by atoms with Gasteiger partial charge in [-0.15, -0.1) is 0 Å². The average molecular weight is 412 g/mol. The van der Waals surface area contributed by atoms with E-state index in [4.69, 9.17) is 0 Å². The maximum Gasteiger partial charge on any atom is 0.263 e. The maximum absolute atomic E-state index is 13.3. The van der Waals surface area contributed by atoms with Crippen molar-refractivity contribution in [1.29, 1.82) is 0 Å². The predicted molar refractivity (Wildman–Crippen MR) is 114 cm³/mol. The molecule has 30 heavy (non-hydrogen) atoms. The van der Waals surface area contributed by atoms with Crippen LogP contribution in [0, 0.1) is 17.8 Å². The first kappa shape index (κ1) is 19.8. The van der Waals surface area contributed by atoms with Crippen LogP contribution in [0.5, 0.6) is 0 Å². The molecule has 4 aliphatic rings. The third kappa shape index (κ3) is 3.58. The molecule has 0 radical (unpaired) electrons. The standard InChI is InChI=1S/C24H33N3O3/c1-2-15-5-7-17(8-6-15)22(28)25-20-12-16-13-21(20)27(14-16)24(30)19-4-3-11-26(23(19)29)18-9-10-18/h3-4,11,15-18,20-21H,2,5-10,12-14H2,1H3,(H,25,28)/t15?,16-,17?,20-,21-/m1/s1. The van der Waals surface area contributed by atoms with Gasteiger partial charge >= 0.3 is 0 Å². The Kier molecular flexibility index (Phi) is 5.19. The van der Waals surface area contributed by atoms with E-state index in [1.807, 2.05) is 11.0 Å². The molecule has 6 heteroatoms. The summed E-state index contributed by atoms with van der Waals surface area (Å²) in [4.78, 5) is 40.8. The van der Waals surface area contributed by atoms with Gasteiger partial charge in [0.05, 0.1) is 6.04 Å². The fourth-order valence-electron chi connectivity index (χ4n) is 6.02. The van der Waals surface area contributed by atoms with Gasteiger partial charge in [-0.3, -0.25) is 14.4 Å². The Bertz CT molecular complexity index is 882. The minimum Gasteiger partial charge on any atom is -0.351 e. The van der Waals surface area contributed by atoms with Gasteiger partial charge in [0, 0.05) is 30.7 Å². The molecule has 3 atom stereocenters. The van der Waals surface area contributed by atoms with Gasteiger partial charge in [-0.25, -0.2) is 0 Å². The lowest BCUT2D eigenvalue weighted by atomic mass is 9.80. The Morgan fingerprint density at radius 3 is 2.53 bits per heavy atom. The molecule has 4 fully saturated rings. The second-order valence-corrected chi connectivity index (χ2v) is 9.97. The molecule has 6 nitrogen and oxygen atoms in total. The molecule has 2 amide bonds. The van der Waals surface area contributed by atoms with Crippen LogP contribution in [0.4, 0.5) is 0 Å². The summed E-state index contributed by atoms with van der Waals surface area (Å²) >= 11 is 0. The summed E-state index contributed by atoms with van der Waals surface area (Å²) in [5, 5.41) is 3.29.